The Morgan fingerprint density at radius 2 is 2.00 bits per heavy atom. The van der Waals surface area contributed by atoms with E-state index in [1.807, 2.05) is 24.3 Å². The van der Waals surface area contributed by atoms with Crippen LogP contribution in [0.15, 0.2) is 36.7 Å². The maximum Gasteiger partial charge on any atom is 0.225 e. The number of nitrogens with zero attached hydrogens (tertiary/aromatic N) is 3. The molecule has 0 spiro atoms. The standard InChI is InChI=1S/C14H10N4OS/c19-12-7-9(8-3-5-15-6-4-8)13-10(16-12)1-2-11-14(13)18-20-17-11/h1-6,9H,7H2,(H,16,19)/t9-/m1/s1. The zero-order valence-electron chi connectivity index (χ0n) is 10.4. The van der Waals surface area contributed by atoms with Crippen molar-refractivity contribution in [2.45, 2.75) is 12.3 Å². The molecule has 1 aliphatic rings. The number of pyridine rings is 1. The van der Waals surface area contributed by atoms with Crippen molar-refractivity contribution in [2.24, 2.45) is 0 Å². The summed E-state index contributed by atoms with van der Waals surface area (Å²) in [5.41, 5.74) is 4.74. The lowest BCUT2D eigenvalue weighted by atomic mass is 9.84. The molecule has 1 N–H and O–H groups in total. The van der Waals surface area contributed by atoms with Gasteiger partial charge in [0.1, 0.15) is 11.0 Å². The van der Waals surface area contributed by atoms with Gasteiger partial charge in [-0.05, 0) is 29.8 Å². The largest absolute Gasteiger partial charge is 0.326 e. The zero-order valence-corrected chi connectivity index (χ0v) is 11.2. The van der Waals surface area contributed by atoms with Gasteiger partial charge in [-0.2, -0.15) is 8.75 Å². The Morgan fingerprint density at radius 1 is 1.15 bits per heavy atom. The van der Waals surface area contributed by atoms with E-state index in [2.05, 4.69) is 19.0 Å². The molecular formula is C14H10N4OS. The second kappa shape index (κ2) is 4.35. The third-order valence-corrected chi connectivity index (χ3v) is 4.13. The highest BCUT2D eigenvalue weighted by Gasteiger charge is 2.29. The number of carbonyl (C=O) groups is 1. The Bertz CT molecular complexity index is 799. The second-order valence-electron chi connectivity index (χ2n) is 4.74. The average molecular weight is 282 g/mol. The third kappa shape index (κ3) is 1.69. The first-order valence-corrected chi connectivity index (χ1v) is 7.01. The topological polar surface area (TPSA) is 67.8 Å². The fourth-order valence-electron chi connectivity index (χ4n) is 2.70. The Hall–Kier alpha value is -2.34. The molecule has 5 nitrogen and oxygen atoms in total. The van der Waals surface area contributed by atoms with Crippen LogP contribution in [0.25, 0.3) is 11.0 Å². The average Bonchev–Trinajstić information content (AvgIpc) is 2.95. The number of anilines is 1. The van der Waals surface area contributed by atoms with Crippen molar-refractivity contribution in [3.63, 3.8) is 0 Å². The number of rotatable bonds is 1. The van der Waals surface area contributed by atoms with Crippen molar-refractivity contribution in [3.8, 4) is 0 Å². The summed E-state index contributed by atoms with van der Waals surface area (Å²) in [6.45, 7) is 0. The van der Waals surface area contributed by atoms with Crippen molar-refractivity contribution in [1.29, 1.82) is 0 Å². The summed E-state index contributed by atoms with van der Waals surface area (Å²) < 4.78 is 8.68. The molecule has 1 amide bonds. The molecule has 0 aliphatic carbocycles. The SMILES string of the molecule is O=C1C[C@H](c2ccncc2)c2c(ccc3nsnc23)N1. The van der Waals surface area contributed by atoms with Crippen LogP contribution >= 0.6 is 11.7 Å². The molecule has 4 rings (SSSR count). The minimum Gasteiger partial charge on any atom is -0.326 e. The van der Waals surface area contributed by atoms with Gasteiger partial charge in [0.25, 0.3) is 0 Å². The molecule has 2 aromatic heterocycles. The number of hydrogen-bond donors (Lipinski definition) is 1. The number of hydrogen-bond acceptors (Lipinski definition) is 5. The molecule has 3 aromatic rings. The first-order chi connectivity index (χ1) is 9.83. The van der Waals surface area contributed by atoms with E-state index in [1.165, 1.54) is 11.7 Å². The molecule has 1 aromatic carbocycles. The lowest BCUT2D eigenvalue weighted by Crippen LogP contribution is -2.23. The van der Waals surface area contributed by atoms with Crippen molar-refractivity contribution < 1.29 is 4.79 Å². The maximum absolute atomic E-state index is 11.9. The van der Waals surface area contributed by atoms with E-state index in [4.69, 9.17) is 0 Å². The second-order valence-corrected chi connectivity index (χ2v) is 5.27. The maximum atomic E-state index is 11.9. The molecule has 1 aliphatic heterocycles. The van der Waals surface area contributed by atoms with Crippen LogP contribution in [-0.2, 0) is 4.79 Å². The summed E-state index contributed by atoms with van der Waals surface area (Å²) in [5.74, 6) is 0.0381. The molecule has 0 unspecified atom stereocenters. The highest BCUT2D eigenvalue weighted by atomic mass is 32.1. The van der Waals surface area contributed by atoms with Gasteiger partial charge < -0.3 is 5.32 Å². The molecule has 20 heavy (non-hydrogen) atoms. The predicted molar refractivity (Wildman–Crippen MR) is 76.7 cm³/mol. The molecule has 3 heterocycles. The highest BCUT2D eigenvalue weighted by Crippen LogP contribution is 2.40. The third-order valence-electron chi connectivity index (χ3n) is 3.59. The van der Waals surface area contributed by atoms with E-state index in [-0.39, 0.29) is 11.8 Å². The van der Waals surface area contributed by atoms with Crippen LogP contribution in [0.2, 0.25) is 0 Å². The molecule has 0 bridgehead atoms. The van der Waals surface area contributed by atoms with Gasteiger partial charge in [-0.1, -0.05) is 0 Å². The number of benzene rings is 1. The van der Waals surface area contributed by atoms with E-state index in [0.717, 1.165) is 27.8 Å². The Morgan fingerprint density at radius 3 is 2.85 bits per heavy atom. The summed E-state index contributed by atoms with van der Waals surface area (Å²) in [6, 6.07) is 7.70. The summed E-state index contributed by atoms with van der Waals surface area (Å²) in [6.07, 6.45) is 3.93. The van der Waals surface area contributed by atoms with Crippen molar-refractivity contribution in [3.05, 3.63) is 47.8 Å². The van der Waals surface area contributed by atoms with Crippen LogP contribution in [0.4, 0.5) is 5.69 Å². The molecular weight excluding hydrogens is 272 g/mol. The van der Waals surface area contributed by atoms with Gasteiger partial charge in [-0.15, -0.1) is 0 Å². The first kappa shape index (κ1) is 11.5. The van der Waals surface area contributed by atoms with Gasteiger partial charge >= 0.3 is 0 Å². The van der Waals surface area contributed by atoms with Gasteiger partial charge in [-0.3, -0.25) is 9.78 Å². The quantitative estimate of drug-likeness (QED) is 0.745. The van der Waals surface area contributed by atoms with Gasteiger partial charge in [0.2, 0.25) is 5.91 Å². The van der Waals surface area contributed by atoms with E-state index in [1.54, 1.807) is 12.4 Å². The lowest BCUT2D eigenvalue weighted by Gasteiger charge is -2.25. The number of carbonyl (C=O) groups excluding carboxylic acids is 1. The Balaban J connectivity index is 1.99. The molecule has 0 fully saturated rings. The highest BCUT2D eigenvalue weighted by molar-refractivity contribution is 7.00. The van der Waals surface area contributed by atoms with Gasteiger partial charge in [0.05, 0.1) is 11.7 Å². The zero-order chi connectivity index (χ0) is 13.5. The fourth-order valence-corrected chi connectivity index (χ4v) is 3.25. The van der Waals surface area contributed by atoms with E-state index >= 15 is 0 Å². The fraction of sp³-hybridized carbons (Fsp3) is 0.143. The summed E-state index contributed by atoms with van der Waals surface area (Å²) >= 11 is 1.20. The number of amides is 1. The number of aromatic nitrogens is 3. The minimum atomic E-state index is 0.00866. The molecule has 0 saturated carbocycles. The van der Waals surface area contributed by atoms with E-state index in [9.17, 15) is 4.79 Å². The number of nitrogens with one attached hydrogen (secondary N) is 1. The normalized spacial score (nSPS) is 17.8. The monoisotopic (exact) mass is 282 g/mol. The summed E-state index contributed by atoms with van der Waals surface area (Å²) in [5, 5.41) is 2.92. The molecule has 0 radical (unpaired) electrons. The molecule has 1 atom stereocenters. The van der Waals surface area contributed by atoms with Crippen LogP contribution < -0.4 is 5.32 Å². The number of fused-ring (bicyclic) bond motifs is 3. The Kier molecular flexibility index (Phi) is 2.50. The first-order valence-electron chi connectivity index (χ1n) is 6.28. The molecule has 0 saturated heterocycles. The summed E-state index contributed by atoms with van der Waals surface area (Å²) in [4.78, 5) is 16.0. The van der Waals surface area contributed by atoms with Crippen LogP contribution in [0, 0.1) is 0 Å². The van der Waals surface area contributed by atoms with Crippen LogP contribution in [0.5, 0.6) is 0 Å². The smallest absolute Gasteiger partial charge is 0.225 e. The van der Waals surface area contributed by atoms with Gasteiger partial charge in [0.15, 0.2) is 0 Å². The predicted octanol–water partition coefficient (Wildman–Crippen LogP) is 2.56. The molecule has 98 valence electrons. The van der Waals surface area contributed by atoms with Crippen LogP contribution in [0.1, 0.15) is 23.5 Å². The van der Waals surface area contributed by atoms with Crippen molar-refractivity contribution >= 4 is 34.4 Å². The minimum absolute atomic E-state index is 0.00866. The van der Waals surface area contributed by atoms with Crippen molar-refractivity contribution in [1.82, 2.24) is 13.7 Å². The van der Waals surface area contributed by atoms with E-state index < -0.39 is 0 Å². The lowest BCUT2D eigenvalue weighted by molar-refractivity contribution is -0.116. The molecule has 6 heteroatoms. The van der Waals surface area contributed by atoms with Gasteiger partial charge in [0, 0.05) is 36.0 Å². The Labute approximate surface area is 119 Å². The van der Waals surface area contributed by atoms with Crippen LogP contribution in [-0.4, -0.2) is 19.6 Å². The van der Waals surface area contributed by atoms with Gasteiger partial charge in [-0.25, -0.2) is 0 Å². The summed E-state index contributed by atoms with van der Waals surface area (Å²) in [7, 11) is 0. The van der Waals surface area contributed by atoms with E-state index in [0.29, 0.717) is 6.42 Å². The van der Waals surface area contributed by atoms with Crippen LogP contribution in [0.3, 0.4) is 0 Å². The van der Waals surface area contributed by atoms with Crippen molar-refractivity contribution in [2.75, 3.05) is 5.32 Å².